The predicted octanol–water partition coefficient (Wildman–Crippen LogP) is 5.26. The molecule has 1 aliphatic heterocycles. The predicted molar refractivity (Wildman–Crippen MR) is 126 cm³/mol. The molecular formula is C23H19ClF3N7O2. The Labute approximate surface area is 207 Å². The summed E-state index contributed by atoms with van der Waals surface area (Å²) in [5.74, 6) is 0.144. The first-order valence-electron chi connectivity index (χ1n) is 10.8. The second-order valence-electron chi connectivity index (χ2n) is 8.18. The van der Waals surface area contributed by atoms with Crippen LogP contribution in [0.25, 0.3) is 16.8 Å². The van der Waals surface area contributed by atoms with Crippen molar-refractivity contribution in [1.29, 1.82) is 0 Å². The van der Waals surface area contributed by atoms with E-state index in [-0.39, 0.29) is 18.1 Å². The van der Waals surface area contributed by atoms with E-state index in [1.54, 1.807) is 31.5 Å². The first-order valence-corrected chi connectivity index (χ1v) is 11.2. The molecule has 3 N–H and O–H groups in total. The molecule has 0 radical (unpaired) electrons. The molecule has 0 spiro atoms. The molecular weight excluding hydrogens is 499 g/mol. The van der Waals surface area contributed by atoms with Gasteiger partial charge in [-0.25, -0.2) is 9.31 Å². The summed E-state index contributed by atoms with van der Waals surface area (Å²) in [7, 11) is 0. The molecule has 0 aliphatic carbocycles. The number of nitrogens with two attached hydrogens (primary N) is 1. The molecule has 186 valence electrons. The van der Waals surface area contributed by atoms with E-state index in [1.165, 1.54) is 16.6 Å². The molecule has 3 aromatic heterocycles. The SMILES string of the molecule is Cc1ncc(-c2ccc3nc(N)nn3c2)cc1NC(=O)N1OCC[C@H]1c1ccc(Cl)c(C(F)(F)F)c1. The molecule has 1 aliphatic rings. The number of benzene rings is 1. The van der Waals surface area contributed by atoms with E-state index in [0.29, 0.717) is 29.0 Å². The zero-order valence-corrected chi connectivity index (χ0v) is 19.5. The van der Waals surface area contributed by atoms with E-state index in [2.05, 4.69) is 20.4 Å². The van der Waals surface area contributed by atoms with Crippen LogP contribution in [0.3, 0.4) is 0 Å². The van der Waals surface area contributed by atoms with Crippen LogP contribution in [0, 0.1) is 6.92 Å². The highest BCUT2D eigenvalue weighted by Crippen LogP contribution is 2.39. The summed E-state index contributed by atoms with van der Waals surface area (Å²) in [6, 6.07) is 7.52. The minimum atomic E-state index is -4.62. The number of halogens is 4. The quantitative estimate of drug-likeness (QED) is 0.383. The number of hydrogen-bond donors (Lipinski definition) is 2. The number of nitrogens with zero attached hydrogens (tertiary/aromatic N) is 5. The van der Waals surface area contributed by atoms with Crippen LogP contribution >= 0.6 is 11.6 Å². The van der Waals surface area contributed by atoms with E-state index in [0.717, 1.165) is 16.7 Å². The van der Waals surface area contributed by atoms with Gasteiger partial charge in [-0.05, 0) is 42.8 Å². The first-order chi connectivity index (χ1) is 17.1. The van der Waals surface area contributed by atoms with E-state index in [9.17, 15) is 18.0 Å². The number of hydrogen-bond acceptors (Lipinski definition) is 6. The van der Waals surface area contributed by atoms with Gasteiger partial charge in [0.1, 0.15) is 0 Å². The van der Waals surface area contributed by atoms with E-state index >= 15 is 0 Å². The summed E-state index contributed by atoms with van der Waals surface area (Å²) in [4.78, 5) is 27.0. The second-order valence-corrected chi connectivity index (χ2v) is 8.59. The number of amides is 2. The molecule has 13 heteroatoms. The number of fused-ring (bicyclic) bond motifs is 1. The lowest BCUT2D eigenvalue weighted by Crippen LogP contribution is -2.34. The summed E-state index contributed by atoms with van der Waals surface area (Å²) in [6.45, 7) is 1.89. The summed E-state index contributed by atoms with van der Waals surface area (Å²) in [5, 5.41) is 7.48. The second kappa shape index (κ2) is 8.95. The summed E-state index contributed by atoms with van der Waals surface area (Å²) in [5.41, 5.74) is 7.93. The normalized spacial score (nSPS) is 16.0. The fourth-order valence-electron chi connectivity index (χ4n) is 4.00. The summed E-state index contributed by atoms with van der Waals surface area (Å²) in [6.07, 6.45) is -0.919. The molecule has 1 saturated heterocycles. The van der Waals surface area contributed by atoms with Crippen molar-refractivity contribution >= 4 is 34.9 Å². The van der Waals surface area contributed by atoms with E-state index in [4.69, 9.17) is 22.2 Å². The number of nitrogen functional groups attached to an aromatic ring is 1. The van der Waals surface area contributed by atoms with Crippen molar-refractivity contribution in [1.82, 2.24) is 24.6 Å². The molecule has 0 saturated carbocycles. The Hall–Kier alpha value is -3.90. The molecule has 1 atom stereocenters. The third-order valence-electron chi connectivity index (χ3n) is 5.79. The third-order valence-corrected chi connectivity index (χ3v) is 6.12. The molecule has 0 bridgehead atoms. The van der Waals surface area contributed by atoms with Gasteiger partial charge in [0.15, 0.2) is 5.65 Å². The molecule has 4 heterocycles. The van der Waals surface area contributed by atoms with Crippen molar-refractivity contribution in [2.75, 3.05) is 17.7 Å². The number of carbonyl (C=O) groups excluding carboxylic acids is 1. The van der Waals surface area contributed by atoms with Crippen LogP contribution in [-0.2, 0) is 11.0 Å². The number of aryl methyl sites for hydroxylation is 1. The van der Waals surface area contributed by atoms with Crippen molar-refractivity contribution < 1.29 is 22.8 Å². The number of pyridine rings is 2. The number of hydroxylamine groups is 2. The smallest absolute Gasteiger partial charge is 0.366 e. The Morgan fingerprint density at radius 1 is 1.22 bits per heavy atom. The number of carbonyl (C=O) groups is 1. The standard InChI is InChI=1S/C23H19ClF3N7O2/c1-12-18(9-15(10-29-12)14-3-5-20-31-21(28)32-33(20)11-14)30-22(35)34-19(6-7-36-34)13-2-4-17(24)16(8-13)23(25,26)27/h2-5,8-11,19H,6-7H2,1H3,(H2,28,32)(H,30,35)/t19-/m0/s1. The number of urea groups is 1. The van der Waals surface area contributed by atoms with Crippen molar-refractivity contribution in [3.05, 3.63) is 70.6 Å². The fraction of sp³-hybridized carbons (Fsp3) is 0.217. The zero-order chi connectivity index (χ0) is 25.6. The maximum absolute atomic E-state index is 13.3. The maximum atomic E-state index is 13.3. The Bertz CT molecular complexity index is 1470. The number of nitrogens with one attached hydrogen (secondary N) is 1. The van der Waals surface area contributed by atoms with Gasteiger partial charge in [0.2, 0.25) is 5.95 Å². The van der Waals surface area contributed by atoms with Crippen LogP contribution < -0.4 is 11.1 Å². The molecule has 4 aromatic rings. The minimum Gasteiger partial charge on any atom is -0.366 e. The lowest BCUT2D eigenvalue weighted by atomic mass is 10.0. The average molecular weight is 518 g/mol. The molecule has 1 fully saturated rings. The highest BCUT2D eigenvalue weighted by Gasteiger charge is 2.37. The molecule has 9 nitrogen and oxygen atoms in total. The van der Waals surface area contributed by atoms with Gasteiger partial charge >= 0.3 is 12.2 Å². The van der Waals surface area contributed by atoms with Crippen LogP contribution in [0.1, 0.15) is 29.3 Å². The number of anilines is 2. The lowest BCUT2D eigenvalue weighted by molar-refractivity contribution is -0.137. The van der Waals surface area contributed by atoms with Gasteiger partial charge in [-0.1, -0.05) is 17.7 Å². The van der Waals surface area contributed by atoms with Gasteiger partial charge in [0, 0.05) is 29.9 Å². The van der Waals surface area contributed by atoms with E-state index < -0.39 is 28.8 Å². The molecule has 36 heavy (non-hydrogen) atoms. The molecule has 2 amide bonds. The van der Waals surface area contributed by atoms with Crippen molar-refractivity contribution in [2.24, 2.45) is 0 Å². The monoisotopic (exact) mass is 517 g/mol. The van der Waals surface area contributed by atoms with Gasteiger partial charge in [-0.2, -0.15) is 23.2 Å². The topological polar surface area (TPSA) is 111 Å². The highest BCUT2D eigenvalue weighted by molar-refractivity contribution is 6.31. The van der Waals surface area contributed by atoms with Gasteiger partial charge < -0.3 is 11.1 Å². The summed E-state index contributed by atoms with van der Waals surface area (Å²) < 4.78 is 41.5. The third kappa shape index (κ3) is 4.52. The number of alkyl halides is 3. The van der Waals surface area contributed by atoms with Crippen LogP contribution in [0.15, 0.2) is 48.8 Å². The molecule has 5 rings (SSSR count). The lowest BCUT2D eigenvalue weighted by Gasteiger charge is -2.24. The maximum Gasteiger partial charge on any atom is 0.417 e. The van der Waals surface area contributed by atoms with Crippen molar-refractivity contribution in [2.45, 2.75) is 25.6 Å². The Morgan fingerprint density at radius 3 is 2.81 bits per heavy atom. The average Bonchev–Trinajstić information content (AvgIpc) is 3.45. The van der Waals surface area contributed by atoms with Gasteiger partial charge in [-0.3, -0.25) is 9.82 Å². The van der Waals surface area contributed by atoms with Crippen LogP contribution in [0.5, 0.6) is 0 Å². The van der Waals surface area contributed by atoms with E-state index in [1.807, 2.05) is 6.07 Å². The Kier molecular flexibility index (Phi) is 5.92. The number of rotatable bonds is 3. The highest BCUT2D eigenvalue weighted by atomic mass is 35.5. The van der Waals surface area contributed by atoms with Crippen LogP contribution in [0.2, 0.25) is 5.02 Å². The Balaban J connectivity index is 1.40. The fourth-order valence-corrected chi connectivity index (χ4v) is 4.22. The van der Waals surface area contributed by atoms with Gasteiger partial charge in [-0.15, -0.1) is 5.10 Å². The van der Waals surface area contributed by atoms with Gasteiger partial charge in [0.25, 0.3) is 0 Å². The largest absolute Gasteiger partial charge is 0.417 e. The van der Waals surface area contributed by atoms with Crippen molar-refractivity contribution in [3.8, 4) is 11.1 Å². The first kappa shape index (κ1) is 23.8. The Morgan fingerprint density at radius 2 is 2.03 bits per heavy atom. The van der Waals surface area contributed by atoms with Crippen molar-refractivity contribution in [3.63, 3.8) is 0 Å². The molecule has 1 aromatic carbocycles. The molecule has 0 unspecified atom stereocenters. The van der Waals surface area contributed by atoms with Crippen LogP contribution in [0.4, 0.5) is 29.6 Å². The van der Waals surface area contributed by atoms with Crippen LogP contribution in [-0.4, -0.2) is 37.3 Å². The van der Waals surface area contributed by atoms with Gasteiger partial charge in [0.05, 0.1) is 34.6 Å². The summed E-state index contributed by atoms with van der Waals surface area (Å²) >= 11 is 5.74. The number of aromatic nitrogens is 4. The zero-order valence-electron chi connectivity index (χ0n) is 18.8. The minimum absolute atomic E-state index is 0.144.